The Balaban J connectivity index is 1.79. The number of hydrogen-bond acceptors (Lipinski definition) is 3. The summed E-state index contributed by atoms with van der Waals surface area (Å²) in [6.45, 7) is 0. The maximum Gasteiger partial charge on any atom is 0.329 e. The number of amides is 1. The fourth-order valence-electron chi connectivity index (χ4n) is 3.04. The van der Waals surface area contributed by atoms with Gasteiger partial charge in [0.25, 0.3) is 0 Å². The van der Waals surface area contributed by atoms with Crippen LogP contribution in [-0.4, -0.2) is 34.0 Å². The van der Waals surface area contributed by atoms with Crippen LogP contribution in [-0.2, 0) is 16.0 Å². The van der Waals surface area contributed by atoms with Crippen LogP contribution in [0.25, 0.3) is 10.8 Å². The molecule has 120 valence electrons. The molecule has 0 atom stereocenters. The van der Waals surface area contributed by atoms with Crippen LogP contribution < -0.4 is 5.32 Å². The van der Waals surface area contributed by atoms with Crippen LogP contribution in [0, 0.1) is 0 Å². The molecular weight excluding hydrogens is 310 g/mol. The number of fused-ring (bicyclic) bond motifs is 1. The molecule has 1 saturated heterocycles. The monoisotopic (exact) mass is 329 g/mol. The van der Waals surface area contributed by atoms with Gasteiger partial charge in [-0.1, -0.05) is 42.5 Å². The maximum absolute atomic E-state index is 12.5. The molecule has 2 aromatic rings. The van der Waals surface area contributed by atoms with Crippen molar-refractivity contribution in [3.8, 4) is 0 Å². The second-order valence-corrected chi connectivity index (χ2v) is 7.09. The Kier molecular flexibility index (Phi) is 4.57. The van der Waals surface area contributed by atoms with Gasteiger partial charge in [-0.15, -0.1) is 0 Å². The summed E-state index contributed by atoms with van der Waals surface area (Å²) < 4.78 is 0. The molecule has 2 aromatic carbocycles. The third-order valence-corrected chi connectivity index (χ3v) is 5.35. The molecule has 5 heteroatoms. The minimum Gasteiger partial charge on any atom is -0.480 e. The van der Waals surface area contributed by atoms with E-state index in [9.17, 15) is 14.7 Å². The number of benzene rings is 2. The van der Waals surface area contributed by atoms with Crippen LogP contribution in [0.2, 0.25) is 0 Å². The van der Waals surface area contributed by atoms with Crippen LogP contribution in [0.1, 0.15) is 18.4 Å². The minimum atomic E-state index is -1.10. The fraction of sp³-hybridized carbons (Fsp3) is 0.333. The molecule has 0 radical (unpaired) electrons. The average Bonchev–Trinajstić information content (AvgIpc) is 2.56. The van der Waals surface area contributed by atoms with Gasteiger partial charge in [0.05, 0.1) is 6.42 Å². The molecular formula is C18H19NO3S. The highest BCUT2D eigenvalue weighted by Gasteiger charge is 2.41. The lowest BCUT2D eigenvalue weighted by Gasteiger charge is -2.33. The van der Waals surface area contributed by atoms with E-state index in [1.54, 1.807) is 11.8 Å². The van der Waals surface area contributed by atoms with Gasteiger partial charge in [0.1, 0.15) is 5.54 Å². The first-order valence-corrected chi connectivity index (χ1v) is 8.85. The Hall–Kier alpha value is -2.01. The Morgan fingerprint density at radius 3 is 2.52 bits per heavy atom. The van der Waals surface area contributed by atoms with Crippen molar-refractivity contribution in [2.75, 3.05) is 11.5 Å². The molecule has 0 aliphatic carbocycles. The van der Waals surface area contributed by atoms with Gasteiger partial charge in [0, 0.05) is 0 Å². The summed E-state index contributed by atoms with van der Waals surface area (Å²) in [6.07, 6.45) is 1.16. The summed E-state index contributed by atoms with van der Waals surface area (Å²) in [7, 11) is 0. The second kappa shape index (κ2) is 6.62. The lowest BCUT2D eigenvalue weighted by Crippen LogP contribution is -2.56. The fourth-order valence-corrected chi connectivity index (χ4v) is 4.23. The van der Waals surface area contributed by atoms with E-state index < -0.39 is 11.5 Å². The zero-order valence-electron chi connectivity index (χ0n) is 12.7. The summed E-state index contributed by atoms with van der Waals surface area (Å²) in [5, 5.41) is 14.5. The average molecular weight is 329 g/mol. The van der Waals surface area contributed by atoms with Gasteiger partial charge in [0.15, 0.2) is 0 Å². The SMILES string of the molecule is O=C(Cc1cccc2ccccc12)NC1(C(=O)O)CCSCC1. The topological polar surface area (TPSA) is 66.4 Å². The van der Waals surface area contributed by atoms with Crippen molar-refractivity contribution in [1.29, 1.82) is 0 Å². The molecule has 0 spiro atoms. The van der Waals surface area contributed by atoms with E-state index >= 15 is 0 Å². The molecule has 23 heavy (non-hydrogen) atoms. The first-order chi connectivity index (χ1) is 11.1. The van der Waals surface area contributed by atoms with Crippen LogP contribution in [0.3, 0.4) is 0 Å². The zero-order valence-corrected chi connectivity index (χ0v) is 13.6. The van der Waals surface area contributed by atoms with E-state index in [0.717, 1.165) is 27.8 Å². The summed E-state index contributed by atoms with van der Waals surface area (Å²) in [5.74, 6) is 0.376. The van der Waals surface area contributed by atoms with Crippen molar-refractivity contribution < 1.29 is 14.7 Å². The van der Waals surface area contributed by atoms with Gasteiger partial charge >= 0.3 is 5.97 Å². The van der Waals surface area contributed by atoms with Crippen molar-refractivity contribution in [3.63, 3.8) is 0 Å². The number of aliphatic carboxylic acids is 1. The van der Waals surface area contributed by atoms with Crippen molar-refractivity contribution in [2.45, 2.75) is 24.8 Å². The molecule has 0 saturated carbocycles. The maximum atomic E-state index is 12.5. The lowest BCUT2D eigenvalue weighted by molar-refractivity contribution is -0.148. The molecule has 1 aliphatic rings. The molecule has 0 aromatic heterocycles. The number of carbonyl (C=O) groups is 2. The molecule has 3 rings (SSSR count). The zero-order chi connectivity index (χ0) is 16.3. The summed E-state index contributed by atoms with van der Waals surface area (Å²) in [6, 6.07) is 13.8. The van der Waals surface area contributed by atoms with Crippen molar-refractivity contribution in [2.24, 2.45) is 0 Å². The van der Waals surface area contributed by atoms with Crippen molar-refractivity contribution in [1.82, 2.24) is 5.32 Å². The Morgan fingerprint density at radius 1 is 1.09 bits per heavy atom. The third kappa shape index (κ3) is 3.34. The number of carboxylic acids is 1. The van der Waals surface area contributed by atoms with Gasteiger partial charge < -0.3 is 10.4 Å². The van der Waals surface area contributed by atoms with Crippen LogP contribution in [0.5, 0.6) is 0 Å². The molecule has 2 N–H and O–H groups in total. The number of hydrogen-bond donors (Lipinski definition) is 2. The van der Waals surface area contributed by atoms with Crippen molar-refractivity contribution in [3.05, 3.63) is 48.0 Å². The van der Waals surface area contributed by atoms with Gasteiger partial charge in [-0.3, -0.25) is 4.79 Å². The summed E-state index contributed by atoms with van der Waals surface area (Å²) in [4.78, 5) is 24.1. The first kappa shape index (κ1) is 15.9. The van der Waals surface area contributed by atoms with Crippen LogP contribution in [0.15, 0.2) is 42.5 Å². The first-order valence-electron chi connectivity index (χ1n) is 7.69. The summed E-state index contributed by atoms with van der Waals surface area (Å²) in [5.41, 5.74) is -0.182. The highest BCUT2D eigenvalue weighted by molar-refractivity contribution is 7.99. The Labute approximate surface area is 139 Å². The van der Waals surface area contributed by atoms with E-state index in [2.05, 4.69) is 5.32 Å². The van der Waals surface area contributed by atoms with Crippen LogP contribution >= 0.6 is 11.8 Å². The van der Waals surface area contributed by atoms with E-state index in [4.69, 9.17) is 0 Å². The third-order valence-electron chi connectivity index (χ3n) is 4.37. The largest absolute Gasteiger partial charge is 0.480 e. The van der Waals surface area contributed by atoms with E-state index in [1.807, 2.05) is 42.5 Å². The lowest BCUT2D eigenvalue weighted by atomic mass is 9.91. The van der Waals surface area contributed by atoms with Gasteiger partial charge in [0.2, 0.25) is 5.91 Å². The standard InChI is InChI=1S/C18H19NO3S/c20-16(19-18(17(21)22)8-10-23-11-9-18)12-14-6-3-5-13-4-1-2-7-15(13)14/h1-7H,8-12H2,(H,19,20)(H,21,22). The number of carboxylic acid groups (broad SMARTS) is 1. The van der Waals surface area contributed by atoms with Gasteiger partial charge in [-0.2, -0.15) is 11.8 Å². The highest BCUT2D eigenvalue weighted by atomic mass is 32.2. The number of thioether (sulfide) groups is 1. The molecule has 1 heterocycles. The quantitative estimate of drug-likeness (QED) is 0.905. The molecule has 1 aliphatic heterocycles. The molecule has 1 fully saturated rings. The second-order valence-electron chi connectivity index (χ2n) is 5.86. The van der Waals surface area contributed by atoms with E-state index in [1.165, 1.54) is 0 Å². The number of carbonyl (C=O) groups excluding carboxylic acids is 1. The molecule has 0 bridgehead atoms. The molecule has 0 unspecified atom stereocenters. The predicted octanol–water partition coefficient (Wildman–Crippen LogP) is 2.85. The van der Waals surface area contributed by atoms with E-state index in [-0.39, 0.29) is 12.3 Å². The predicted molar refractivity (Wildman–Crippen MR) is 92.7 cm³/mol. The minimum absolute atomic E-state index is 0.198. The molecule has 4 nitrogen and oxygen atoms in total. The smallest absolute Gasteiger partial charge is 0.329 e. The number of nitrogens with one attached hydrogen (secondary N) is 1. The van der Waals surface area contributed by atoms with Gasteiger partial charge in [-0.05, 0) is 40.7 Å². The van der Waals surface area contributed by atoms with E-state index in [0.29, 0.717) is 12.8 Å². The highest BCUT2D eigenvalue weighted by Crippen LogP contribution is 2.28. The number of rotatable bonds is 4. The van der Waals surface area contributed by atoms with Gasteiger partial charge in [-0.25, -0.2) is 4.79 Å². The van der Waals surface area contributed by atoms with Crippen molar-refractivity contribution >= 4 is 34.4 Å². The van der Waals surface area contributed by atoms with Crippen LogP contribution in [0.4, 0.5) is 0 Å². The normalized spacial score (nSPS) is 16.9. The summed E-state index contributed by atoms with van der Waals surface area (Å²) >= 11 is 1.73. The Morgan fingerprint density at radius 2 is 1.78 bits per heavy atom. The Bertz CT molecular complexity index is 733. The molecule has 1 amide bonds.